The minimum atomic E-state index is -0.976. The van der Waals surface area contributed by atoms with Gasteiger partial charge in [-0.25, -0.2) is 0 Å². The van der Waals surface area contributed by atoms with E-state index in [0.29, 0.717) is 0 Å². The van der Waals surface area contributed by atoms with E-state index in [0.717, 1.165) is 0 Å². The number of carboxylic acids is 1. The van der Waals surface area contributed by atoms with E-state index in [4.69, 9.17) is 10.5 Å². The first-order valence-electron chi connectivity index (χ1n) is 3.26. The number of rotatable bonds is 4. The van der Waals surface area contributed by atoms with Crippen LogP contribution in [0.2, 0.25) is 0 Å². The number of aliphatic carboxylic acids is 1. The quantitative estimate of drug-likeness (QED) is 0.590. The molecule has 62 valence electrons. The molecule has 0 aliphatic rings. The van der Waals surface area contributed by atoms with Crippen molar-refractivity contribution in [3.05, 3.63) is 0 Å². The third-order valence-corrected chi connectivity index (χ3v) is 1.36. The van der Waals surface area contributed by atoms with Gasteiger partial charge in [-0.2, -0.15) is 0 Å². The normalized spacial score (nSPS) is 12.2. The number of hydrogen-bond acceptors (Lipinski definition) is 3. The fraction of sp³-hybridized carbons (Fsp3) is 0.571. The van der Waals surface area contributed by atoms with E-state index in [2.05, 4.69) is 0 Å². The Hall–Kier alpha value is -1.19. The Bertz CT molecular complexity index is 198. The van der Waals surface area contributed by atoms with Crippen LogP contribution in [0.5, 0.6) is 0 Å². The lowest BCUT2D eigenvalue weighted by molar-refractivity contribution is -0.140. The largest absolute Gasteiger partial charge is 0.481 e. The van der Waals surface area contributed by atoms with Crippen molar-refractivity contribution in [2.75, 3.05) is 0 Å². The second kappa shape index (κ2) is 3.85. The van der Waals surface area contributed by atoms with Crippen molar-refractivity contribution in [3.63, 3.8) is 0 Å². The lowest BCUT2D eigenvalue weighted by atomic mass is 10.0. The number of carboxylic acid groups (broad SMARTS) is 1. The summed E-state index contributed by atoms with van der Waals surface area (Å²) in [5, 5.41) is 15.5. The van der Waals surface area contributed by atoms with Crippen LogP contribution in [0.15, 0.2) is 0 Å². The second-order valence-corrected chi connectivity index (χ2v) is 2.48. The average molecular weight is 157 g/mol. The summed E-state index contributed by atoms with van der Waals surface area (Å²) in [6.07, 6.45) is 0.0185. The zero-order valence-corrected chi connectivity index (χ0v) is 6.55. The molecule has 0 aromatic carbocycles. The third-order valence-electron chi connectivity index (χ3n) is 1.36. The summed E-state index contributed by atoms with van der Waals surface area (Å²) < 4.78 is 0. The van der Waals surface area contributed by atoms with Gasteiger partial charge in [-0.15, -0.1) is 0 Å². The molecule has 0 fully saturated rings. The highest BCUT2D eigenvalue weighted by Gasteiger charge is 2.15. The molecule has 0 aliphatic carbocycles. The molecule has 0 radical (unpaired) electrons. The molecule has 0 saturated heterocycles. The Morgan fingerprint density at radius 3 is 2.27 bits per heavy atom. The second-order valence-electron chi connectivity index (χ2n) is 2.48. The predicted octanol–water partition coefficient (Wildman–Crippen LogP) is 0.706. The minimum absolute atomic E-state index is 0.0185. The van der Waals surface area contributed by atoms with E-state index in [1.807, 2.05) is 0 Å². The molecule has 4 heteroatoms. The molecule has 0 heterocycles. The Morgan fingerprint density at radius 1 is 1.55 bits per heavy atom. The summed E-state index contributed by atoms with van der Waals surface area (Å²) in [5.41, 5.74) is -0.125. The number of ketones is 1. The van der Waals surface area contributed by atoms with Crippen LogP contribution in [0, 0.1) is 11.3 Å². The summed E-state index contributed by atoms with van der Waals surface area (Å²) in [5.74, 6) is -1.99. The molecule has 0 bridgehead atoms. The van der Waals surface area contributed by atoms with Gasteiger partial charge in [0.2, 0.25) is 0 Å². The van der Waals surface area contributed by atoms with Crippen molar-refractivity contribution >= 4 is 17.5 Å². The highest BCUT2D eigenvalue weighted by molar-refractivity contribution is 6.37. The highest BCUT2D eigenvalue weighted by Crippen LogP contribution is 2.02. The van der Waals surface area contributed by atoms with Gasteiger partial charge in [0, 0.05) is 13.3 Å². The molecular formula is C7H11NO3. The predicted molar refractivity (Wildman–Crippen MR) is 39.8 cm³/mol. The molecule has 0 aliphatic heterocycles. The van der Waals surface area contributed by atoms with E-state index in [9.17, 15) is 9.59 Å². The fourth-order valence-electron chi connectivity index (χ4n) is 0.537. The lowest BCUT2D eigenvalue weighted by Gasteiger charge is -2.03. The van der Waals surface area contributed by atoms with Crippen molar-refractivity contribution in [2.24, 2.45) is 5.92 Å². The van der Waals surface area contributed by atoms with Crippen LogP contribution in [0.25, 0.3) is 0 Å². The Kier molecular flexibility index (Phi) is 3.44. The molecule has 1 unspecified atom stereocenters. The number of hydrogen-bond donors (Lipinski definition) is 2. The average Bonchev–Trinajstić information content (AvgIpc) is 1.87. The number of nitrogens with one attached hydrogen (secondary N) is 1. The standard InChI is InChI=1S/C7H11NO3/c1-4(7(10)11)3-6(8)5(2)9/h4,8H,3H2,1-2H3,(H,10,11). The van der Waals surface area contributed by atoms with Crippen LogP contribution in [0.3, 0.4) is 0 Å². The van der Waals surface area contributed by atoms with Crippen LogP contribution >= 0.6 is 0 Å². The first-order chi connectivity index (χ1) is 4.95. The van der Waals surface area contributed by atoms with Gasteiger partial charge in [0.05, 0.1) is 11.6 Å². The summed E-state index contributed by atoms with van der Waals surface area (Å²) in [7, 11) is 0. The van der Waals surface area contributed by atoms with E-state index < -0.39 is 11.9 Å². The molecule has 0 aromatic heterocycles. The monoisotopic (exact) mass is 157 g/mol. The Balaban J connectivity index is 3.95. The van der Waals surface area contributed by atoms with Crippen LogP contribution < -0.4 is 0 Å². The van der Waals surface area contributed by atoms with Gasteiger partial charge >= 0.3 is 5.97 Å². The van der Waals surface area contributed by atoms with Gasteiger partial charge in [-0.1, -0.05) is 6.92 Å². The number of carbonyl (C=O) groups excluding carboxylic acids is 1. The summed E-state index contributed by atoms with van der Waals surface area (Å²) in [4.78, 5) is 20.7. The van der Waals surface area contributed by atoms with Gasteiger partial charge < -0.3 is 10.5 Å². The minimum Gasteiger partial charge on any atom is -0.481 e. The van der Waals surface area contributed by atoms with Gasteiger partial charge in [-0.3, -0.25) is 9.59 Å². The van der Waals surface area contributed by atoms with Crippen molar-refractivity contribution in [1.82, 2.24) is 0 Å². The van der Waals surface area contributed by atoms with Crippen LogP contribution in [-0.2, 0) is 9.59 Å². The highest BCUT2D eigenvalue weighted by atomic mass is 16.4. The van der Waals surface area contributed by atoms with Crippen LogP contribution in [-0.4, -0.2) is 22.6 Å². The molecule has 4 nitrogen and oxygen atoms in total. The zero-order valence-electron chi connectivity index (χ0n) is 6.55. The van der Waals surface area contributed by atoms with Crippen LogP contribution in [0.4, 0.5) is 0 Å². The van der Waals surface area contributed by atoms with E-state index >= 15 is 0 Å². The maximum Gasteiger partial charge on any atom is 0.306 e. The third kappa shape index (κ3) is 3.50. The molecule has 0 spiro atoms. The Labute approximate surface area is 64.7 Å². The summed E-state index contributed by atoms with van der Waals surface area (Å²) >= 11 is 0. The fourth-order valence-corrected chi connectivity index (χ4v) is 0.537. The molecule has 0 rings (SSSR count). The SMILES string of the molecule is CC(=O)C(=N)CC(C)C(=O)O. The number of carbonyl (C=O) groups is 2. The summed E-state index contributed by atoms with van der Waals surface area (Å²) in [6.45, 7) is 2.73. The maximum atomic E-state index is 10.5. The topological polar surface area (TPSA) is 78.2 Å². The van der Waals surface area contributed by atoms with Crippen molar-refractivity contribution in [3.8, 4) is 0 Å². The smallest absolute Gasteiger partial charge is 0.306 e. The van der Waals surface area contributed by atoms with E-state index in [1.54, 1.807) is 0 Å². The molecule has 0 amide bonds. The Morgan fingerprint density at radius 2 is 2.00 bits per heavy atom. The van der Waals surface area contributed by atoms with Gasteiger partial charge in [0.25, 0.3) is 0 Å². The van der Waals surface area contributed by atoms with Gasteiger partial charge in [-0.05, 0) is 0 Å². The van der Waals surface area contributed by atoms with Crippen molar-refractivity contribution in [1.29, 1.82) is 5.41 Å². The molecular weight excluding hydrogens is 146 g/mol. The van der Waals surface area contributed by atoms with Gasteiger partial charge in [0.1, 0.15) is 0 Å². The first kappa shape index (κ1) is 9.81. The van der Waals surface area contributed by atoms with Crippen molar-refractivity contribution < 1.29 is 14.7 Å². The van der Waals surface area contributed by atoms with Gasteiger partial charge in [0.15, 0.2) is 5.78 Å². The first-order valence-corrected chi connectivity index (χ1v) is 3.26. The maximum absolute atomic E-state index is 10.5. The molecule has 0 saturated carbocycles. The summed E-state index contributed by atoms with van der Waals surface area (Å²) in [6, 6.07) is 0. The van der Waals surface area contributed by atoms with Crippen LogP contribution in [0.1, 0.15) is 20.3 Å². The van der Waals surface area contributed by atoms with E-state index in [1.165, 1.54) is 13.8 Å². The molecule has 11 heavy (non-hydrogen) atoms. The molecule has 0 aromatic rings. The zero-order chi connectivity index (χ0) is 9.02. The molecule has 2 N–H and O–H groups in total. The lowest BCUT2D eigenvalue weighted by Crippen LogP contribution is -2.18. The van der Waals surface area contributed by atoms with E-state index in [-0.39, 0.29) is 17.9 Å². The number of Topliss-reactive ketones (excluding diaryl/α,β-unsaturated/α-hetero) is 1. The van der Waals surface area contributed by atoms with Crippen molar-refractivity contribution in [2.45, 2.75) is 20.3 Å². The molecule has 1 atom stereocenters.